The molecular weight excluding hydrogens is 230 g/mol. The third kappa shape index (κ3) is 4.24. The van der Waals surface area contributed by atoms with Gasteiger partial charge in [0.1, 0.15) is 0 Å². The van der Waals surface area contributed by atoms with E-state index in [0.717, 1.165) is 23.8 Å². The molecular formula is C18H23N. The third-order valence-corrected chi connectivity index (χ3v) is 4.28. The molecule has 0 N–H and O–H groups in total. The Kier molecular flexibility index (Phi) is 5.21. The van der Waals surface area contributed by atoms with Gasteiger partial charge in [0, 0.05) is 0 Å². The van der Waals surface area contributed by atoms with E-state index < -0.39 is 0 Å². The van der Waals surface area contributed by atoms with Crippen LogP contribution in [0.3, 0.4) is 0 Å². The lowest BCUT2D eigenvalue weighted by atomic mass is 9.79. The van der Waals surface area contributed by atoms with Gasteiger partial charge in [-0.15, -0.1) is 0 Å². The standard InChI is InChI=1S/C18H23N/c1-2-3-15-4-6-16(7-5-15)8-9-17-10-12-18(14-19)13-11-17/h2-3,10-13,15-16H,4-9H2,1H3/b3-2-. The molecule has 1 heteroatoms. The fraction of sp³-hybridized carbons (Fsp3) is 0.500. The molecule has 0 atom stereocenters. The third-order valence-electron chi connectivity index (χ3n) is 4.28. The van der Waals surface area contributed by atoms with Crippen LogP contribution in [0.4, 0.5) is 0 Å². The highest BCUT2D eigenvalue weighted by molar-refractivity contribution is 5.31. The van der Waals surface area contributed by atoms with Crippen molar-refractivity contribution < 1.29 is 0 Å². The van der Waals surface area contributed by atoms with Gasteiger partial charge in [-0.05, 0) is 75.0 Å². The first-order chi connectivity index (χ1) is 9.31. The molecule has 19 heavy (non-hydrogen) atoms. The molecule has 1 nitrogen and oxygen atoms in total. The van der Waals surface area contributed by atoms with Crippen LogP contribution >= 0.6 is 0 Å². The lowest BCUT2D eigenvalue weighted by Gasteiger charge is -2.26. The van der Waals surface area contributed by atoms with Crippen molar-refractivity contribution in [3.8, 4) is 6.07 Å². The van der Waals surface area contributed by atoms with Gasteiger partial charge in [-0.25, -0.2) is 0 Å². The lowest BCUT2D eigenvalue weighted by molar-refractivity contribution is 0.296. The number of benzene rings is 1. The SMILES string of the molecule is C/C=C\C1CCC(CCc2ccc(C#N)cc2)CC1. The Balaban J connectivity index is 1.75. The van der Waals surface area contributed by atoms with Gasteiger partial charge >= 0.3 is 0 Å². The molecule has 0 heterocycles. The molecule has 1 aliphatic carbocycles. The van der Waals surface area contributed by atoms with Crippen molar-refractivity contribution >= 4 is 0 Å². The normalized spacial score (nSPS) is 23.4. The van der Waals surface area contributed by atoms with Crippen LogP contribution in [0.2, 0.25) is 0 Å². The summed E-state index contributed by atoms with van der Waals surface area (Å²) in [5.41, 5.74) is 2.13. The second kappa shape index (κ2) is 7.14. The maximum Gasteiger partial charge on any atom is 0.0991 e. The minimum atomic E-state index is 0.760. The van der Waals surface area contributed by atoms with Crippen molar-refractivity contribution in [1.82, 2.24) is 0 Å². The first kappa shape index (κ1) is 13.9. The van der Waals surface area contributed by atoms with Crippen molar-refractivity contribution in [3.63, 3.8) is 0 Å². The Bertz CT molecular complexity index is 442. The first-order valence-electron chi connectivity index (χ1n) is 7.43. The number of allylic oxidation sites excluding steroid dienone is 2. The van der Waals surface area contributed by atoms with Gasteiger partial charge in [0.25, 0.3) is 0 Å². The highest BCUT2D eigenvalue weighted by Crippen LogP contribution is 2.32. The second-order valence-electron chi connectivity index (χ2n) is 5.65. The van der Waals surface area contributed by atoms with Crippen molar-refractivity contribution in [3.05, 3.63) is 47.5 Å². The highest BCUT2D eigenvalue weighted by atomic mass is 14.2. The average molecular weight is 253 g/mol. The largest absolute Gasteiger partial charge is 0.192 e. The Morgan fingerprint density at radius 1 is 1.16 bits per heavy atom. The maximum absolute atomic E-state index is 8.78. The van der Waals surface area contributed by atoms with E-state index in [1.54, 1.807) is 0 Å². The van der Waals surface area contributed by atoms with Crippen molar-refractivity contribution in [2.45, 2.75) is 45.4 Å². The summed E-state index contributed by atoms with van der Waals surface area (Å²) in [6.07, 6.45) is 12.5. The molecule has 1 saturated carbocycles. The minimum absolute atomic E-state index is 0.760. The van der Waals surface area contributed by atoms with Crippen LogP contribution in [0.5, 0.6) is 0 Å². The zero-order chi connectivity index (χ0) is 13.5. The number of aryl methyl sites for hydroxylation is 1. The molecule has 2 rings (SSSR count). The Morgan fingerprint density at radius 2 is 1.84 bits per heavy atom. The van der Waals surface area contributed by atoms with E-state index in [1.807, 2.05) is 12.1 Å². The van der Waals surface area contributed by atoms with Gasteiger partial charge < -0.3 is 0 Å². The van der Waals surface area contributed by atoms with Crippen LogP contribution in [0.1, 0.15) is 50.2 Å². The van der Waals surface area contributed by atoms with Crippen molar-refractivity contribution in [1.29, 1.82) is 5.26 Å². The monoisotopic (exact) mass is 253 g/mol. The molecule has 0 amide bonds. The van der Waals surface area contributed by atoms with Gasteiger partial charge in [-0.2, -0.15) is 5.26 Å². The van der Waals surface area contributed by atoms with Crippen molar-refractivity contribution in [2.75, 3.05) is 0 Å². The quantitative estimate of drug-likeness (QED) is 0.702. The molecule has 0 unspecified atom stereocenters. The number of rotatable bonds is 4. The van der Waals surface area contributed by atoms with Crippen LogP contribution < -0.4 is 0 Å². The zero-order valence-electron chi connectivity index (χ0n) is 11.8. The molecule has 1 aromatic rings. The molecule has 1 fully saturated rings. The van der Waals surface area contributed by atoms with Crippen LogP contribution in [-0.2, 0) is 6.42 Å². The van der Waals surface area contributed by atoms with E-state index in [4.69, 9.17) is 5.26 Å². The molecule has 0 bridgehead atoms. The van der Waals surface area contributed by atoms with E-state index in [0.29, 0.717) is 0 Å². The summed E-state index contributed by atoms with van der Waals surface area (Å²) in [6.45, 7) is 2.12. The van der Waals surface area contributed by atoms with Gasteiger partial charge in [0.2, 0.25) is 0 Å². The molecule has 0 aromatic heterocycles. The van der Waals surface area contributed by atoms with E-state index in [2.05, 4.69) is 37.3 Å². The summed E-state index contributed by atoms with van der Waals surface area (Å²) in [6, 6.07) is 10.2. The van der Waals surface area contributed by atoms with Crippen molar-refractivity contribution in [2.24, 2.45) is 11.8 Å². The fourth-order valence-corrected chi connectivity index (χ4v) is 3.06. The molecule has 0 radical (unpaired) electrons. The van der Waals surface area contributed by atoms with Crippen LogP contribution in [-0.4, -0.2) is 0 Å². The molecule has 1 aromatic carbocycles. The number of hydrogen-bond donors (Lipinski definition) is 0. The molecule has 0 spiro atoms. The van der Waals surface area contributed by atoms with Gasteiger partial charge in [-0.1, -0.05) is 24.3 Å². The average Bonchev–Trinajstić information content (AvgIpc) is 2.47. The lowest BCUT2D eigenvalue weighted by Crippen LogP contribution is -2.13. The maximum atomic E-state index is 8.78. The zero-order valence-corrected chi connectivity index (χ0v) is 11.8. The Morgan fingerprint density at radius 3 is 2.42 bits per heavy atom. The van der Waals surface area contributed by atoms with E-state index in [9.17, 15) is 0 Å². The predicted octanol–water partition coefficient (Wildman–Crippen LogP) is 4.87. The van der Waals surface area contributed by atoms with Gasteiger partial charge in [0.05, 0.1) is 11.6 Å². The summed E-state index contributed by atoms with van der Waals surface area (Å²) < 4.78 is 0. The summed E-state index contributed by atoms with van der Waals surface area (Å²) in [7, 11) is 0. The van der Waals surface area contributed by atoms with E-state index in [1.165, 1.54) is 37.7 Å². The molecule has 1 aliphatic rings. The fourth-order valence-electron chi connectivity index (χ4n) is 3.06. The number of nitriles is 1. The smallest absolute Gasteiger partial charge is 0.0991 e. The van der Waals surface area contributed by atoms with Crippen LogP contribution in [0.25, 0.3) is 0 Å². The Hall–Kier alpha value is -1.55. The molecule has 0 aliphatic heterocycles. The number of nitrogens with zero attached hydrogens (tertiary/aromatic N) is 1. The topological polar surface area (TPSA) is 23.8 Å². The Labute approximate surface area is 117 Å². The summed E-state index contributed by atoms with van der Waals surface area (Å²) >= 11 is 0. The van der Waals surface area contributed by atoms with E-state index >= 15 is 0 Å². The van der Waals surface area contributed by atoms with E-state index in [-0.39, 0.29) is 0 Å². The van der Waals surface area contributed by atoms with Gasteiger partial charge in [0.15, 0.2) is 0 Å². The number of hydrogen-bond acceptors (Lipinski definition) is 1. The van der Waals surface area contributed by atoms with Gasteiger partial charge in [-0.3, -0.25) is 0 Å². The predicted molar refractivity (Wildman–Crippen MR) is 79.7 cm³/mol. The molecule has 100 valence electrons. The second-order valence-corrected chi connectivity index (χ2v) is 5.65. The summed E-state index contributed by atoms with van der Waals surface area (Å²) in [5.74, 6) is 1.73. The summed E-state index contributed by atoms with van der Waals surface area (Å²) in [4.78, 5) is 0. The highest BCUT2D eigenvalue weighted by Gasteiger charge is 2.18. The van der Waals surface area contributed by atoms with Crippen LogP contribution in [0.15, 0.2) is 36.4 Å². The minimum Gasteiger partial charge on any atom is -0.192 e. The summed E-state index contributed by atoms with van der Waals surface area (Å²) in [5, 5.41) is 8.78. The molecule has 0 saturated heterocycles. The first-order valence-corrected chi connectivity index (χ1v) is 7.43. The van der Waals surface area contributed by atoms with Crippen LogP contribution in [0, 0.1) is 23.2 Å².